The molecular weight excluding hydrogens is 332 g/mol. The van der Waals surface area contributed by atoms with Crippen LogP contribution in [-0.4, -0.2) is 31.3 Å². The molecule has 6 heteroatoms. The summed E-state index contributed by atoms with van der Waals surface area (Å²) in [6.07, 6.45) is 1.33. The maximum Gasteiger partial charge on any atom is 0.296 e. The predicted octanol–water partition coefficient (Wildman–Crippen LogP) is 2.95. The third kappa shape index (κ3) is 3.59. The number of carbonyl (C=O) groups excluding carboxylic acids is 3. The molecule has 0 bridgehead atoms. The smallest absolute Gasteiger partial charge is 0.296 e. The highest BCUT2D eigenvalue weighted by Gasteiger charge is 2.25. The average Bonchev–Trinajstić information content (AvgIpc) is 3.07. The molecule has 2 aromatic rings. The highest BCUT2D eigenvalue weighted by Crippen LogP contribution is 2.33. The minimum absolute atomic E-state index is 0.0506. The van der Waals surface area contributed by atoms with Crippen LogP contribution in [0.1, 0.15) is 28.8 Å². The van der Waals surface area contributed by atoms with E-state index in [1.807, 2.05) is 6.92 Å². The van der Waals surface area contributed by atoms with Crippen molar-refractivity contribution in [2.45, 2.75) is 19.8 Å². The van der Waals surface area contributed by atoms with E-state index in [0.717, 1.165) is 12.0 Å². The van der Waals surface area contributed by atoms with E-state index >= 15 is 0 Å². The number of methoxy groups -OCH3 is 1. The lowest BCUT2D eigenvalue weighted by atomic mass is 10.1. The van der Waals surface area contributed by atoms with Crippen LogP contribution in [0.3, 0.4) is 0 Å². The lowest BCUT2D eigenvalue weighted by Crippen LogP contribution is -2.25. The highest BCUT2D eigenvalue weighted by atomic mass is 16.5. The monoisotopic (exact) mass is 352 g/mol. The summed E-state index contributed by atoms with van der Waals surface area (Å²) in [5, 5.41) is 2.59. The van der Waals surface area contributed by atoms with Gasteiger partial charge in [0.05, 0.1) is 12.8 Å². The highest BCUT2D eigenvalue weighted by molar-refractivity contribution is 6.46. The number of hydrogen-bond donors (Lipinski definition) is 1. The Kier molecular flexibility index (Phi) is 5.02. The molecule has 1 N–H and O–H groups in total. The Morgan fingerprint density at radius 2 is 1.85 bits per heavy atom. The molecule has 1 fully saturated rings. The molecule has 0 atom stereocenters. The molecule has 0 aromatic heterocycles. The molecule has 6 nitrogen and oxygen atoms in total. The molecule has 2 aromatic carbocycles. The van der Waals surface area contributed by atoms with E-state index in [4.69, 9.17) is 4.74 Å². The quantitative estimate of drug-likeness (QED) is 0.663. The fourth-order valence-electron chi connectivity index (χ4n) is 2.91. The molecule has 0 spiro atoms. The van der Waals surface area contributed by atoms with E-state index in [0.29, 0.717) is 35.7 Å². The SMILES string of the molecule is COc1cc(NC(=O)C(=O)c2ccc(C)cc2)ccc1N1CCCC1=O. The first kappa shape index (κ1) is 17.7. The number of rotatable bonds is 5. The molecule has 1 saturated heterocycles. The molecule has 1 aliphatic heterocycles. The number of Topliss-reactive ketones (excluding diaryl/α,β-unsaturated/α-hetero) is 1. The number of nitrogens with zero attached hydrogens (tertiary/aromatic N) is 1. The summed E-state index contributed by atoms with van der Waals surface area (Å²) in [5.41, 5.74) is 2.44. The summed E-state index contributed by atoms with van der Waals surface area (Å²) >= 11 is 0. The van der Waals surface area contributed by atoms with E-state index in [2.05, 4.69) is 5.32 Å². The van der Waals surface area contributed by atoms with Crippen molar-refractivity contribution in [1.82, 2.24) is 0 Å². The number of carbonyl (C=O) groups is 3. The first-order valence-electron chi connectivity index (χ1n) is 8.40. The Morgan fingerprint density at radius 1 is 1.12 bits per heavy atom. The molecule has 0 radical (unpaired) electrons. The fourth-order valence-corrected chi connectivity index (χ4v) is 2.91. The van der Waals surface area contributed by atoms with Crippen molar-refractivity contribution in [2.75, 3.05) is 23.9 Å². The van der Waals surface area contributed by atoms with Crippen LogP contribution in [0.2, 0.25) is 0 Å². The van der Waals surface area contributed by atoms with Gasteiger partial charge in [0.2, 0.25) is 5.91 Å². The summed E-state index contributed by atoms with van der Waals surface area (Å²) in [5.74, 6) is -0.806. The second-order valence-corrected chi connectivity index (χ2v) is 6.18. The third-order valence-corrected chi connectivity index (χ3v) is 4.32. The maximum absolute atomic E-state index is 12.2. The average molecular weight is 352 g/mol. The van der Waals surface area contributed by atoms with Crippen molar-refractivity contribution < 1.29 is 19.1 Å². The van der Waals surface area contributed by atoms with Gasteiger partial charge in [-0.1, -0.05) is 29.8 Å². The van der Waals surface area contributed by atoms with Gasteiger partial charge in [-0.05, 0) is 25.5 Å². The van der Waals surface area contributed by atoms with Crippen LogP contribution >= 0.6 is 0 Å². The van der Waals surface area contributed by atoms with Crippen molar-refractivity contribution >= 4 is 29.0 Å². The number of amides is 2. The number of hydrogen-bond acceptors (Lipinski definition) is 4. The zero-order valence-electron chi connectivity index (χ0n) is 14.7. The first-order valence-corrected chi connectivity index (χ1v) is 8.40. The van der Waals surface area contributed by atoms with Gasteiger partial charge in [-0.15, -0.1) is 0 Å². The van der Waals surface area contributed by atoms with Gasteiger partial charge in [0.25, 0.3) is 11.7 Å². The van der Waals surface area contributed by atoms with Crippen molar-refractivity contribution in [2.24, 2.45) is 0 Å². The van der Waals surface area contributed by atoms with Gasteiger partial charge in [-0.3, -0.25) is 14.4 Å². The maximum atomic E-state index is 12.2. The molecule has 0 saturated carbocycles. The standard InChI is InChI=1S/C20H20N2O4/c1-13-5-7-14(8-6-13)19(24)20(25)21-15-9-10-16(17(12-15)26-2)22-11-3-4-18(22)23/h5-10,12H,3-4,11H2,1-2H3,(H,21,25). The second-order valence-electron chi connectivity index (χ2n) is 6.18. The van der Waals surface area contributed by atoms with Gasteiger partial charge in [-0.2, -0.15) is 0 Å². The van der Waals surface area contributed by atoms with Crippen molar-refractivity contribution in [1.29, 1.82) is 0 Å². The lowest BCUT2D eigenvalue weighted by Gasteiger charge is -2.19. The normalized spacial score (nSPS) is 13.6. The van der Waals surface area contributed by atoms with E-state index in [9.17, 15) is 14.4 Å². The van der Waals surface area contributed by atoms with Gasteiger partial charge < -0.3 is 15.0 Å². The largest absolute Gasteiger partial charge is 0.494 e. The molecule has 1 heterocycles. The molecule has 1 aliphatic rings. The van der Waals surface area contributed by atoms with Crippen LogP contribution in [0, 0.1) is 6.92 Å². The van der Waals surface area contributed by atoms with Crippen LogP contribution in [0.25, 0.3) is 0 Å². The number of ether oxygens (including phenoxy) is 1. The number of benzene rings is 2. The lowest BCUT2D eigenvalue weighted by molar-refractivity contribution is -0.117. The second kappa shape index (κ2) is 7.39. The van der Waals surface area contributed by atoms with Crippen LogP contribution in [0.5, 0.6) is 5.75 Å². The zero-order valence-corrected chi connectivity index (χ0v) is 14.7. The third-order valence-electron chi connectivity index (χ3n) is 4.32. The van der Waals surface area contributed by atoms with E-state index in [1.54, 1.807) is 47.4 Å². The van der Waals surface area contributed by atoms with Crippen molar-refractivity contribution in [3.63, 3.8) is 0 Å². The van der Waals surface area contributed by atoms with Gasteiger partial charge in [0, 0.05) is 30.3 Å². The van der Waals surface area contributed by atoms with E-state index < -0.39 is 11.7 Å². The molecule has 26 heavy (non-hydrogen) atoms. The summed E-state index contributed by atoms with van der Waals surface area (Å²) < 4.78 is 5.36. The Labute approximate surface area is 151 Å². The van der Waals surface area contributed by atoms with Gasteiger partial charge in [0.1, 0.15) is 5.75 Å². The minimum atomic E-state index is -0.721. The summed E-state index contributed by atoms with van der Waals surface area (Å²) in [6.45, 7) is 2.56. The summed E-state index contributed by atoms with van der Waals surface area (Å²) in [4.78, 5) is 38.1. The topological polar surface area (TPSA) is 75.7 Å². The number of ketones is 1. The van der Waals surface area contributed by atoms with Crippen LogP contribution in [0.15, 0.2) is 42.5 Å². The number of aryl methyl sites for hydroxylation is 1. The predicted molar refractivity (Wildman–Crippen MR) is 98.7 cm³/mol. The zero-order chi connectivity index (χ0) is 18.7. The molecule has 2 amide bonds. The molecule has 3 rings (SSSR count). The van der Waals surface area contributed by atoms with Crippen molar-refractivity contribution in [3.05, 3.63) is 53.6 Å². The first-order chi connectivity index (χ1) is 12.5. The van der Waals surface area contributed by atoms with Gasteiger partial charge in [0.15, 0.2) is 0 Å². The van der Waals surface area contributed by atoms with Gasteiger partial charge >= 0.3 is 0 Å². The number of nitrogens with one attached hydrogen (secondary N) is 1. The van der Waals surface area contributed by atoms with Crippen LogP contribution in [-0.2, 0) is 9.59 Å². The Bertz CT molecular complexity index is 859. The van der Waals surface area contributed by atoms with Crippen LogP contribution in [0.4, 0.5) is 11.4 Å². The summed E-state index contributed by atoms with van der Waals surface area (Å²) in [7, 11) is 1.50. The van der Waals surface area contributed by atoms with Crippen molar-refractivity contribution in [3.8, 4) is 5.75 Å². The molecule has 134 valence electrons. The molecule has 0 unspecified atom stereocenters. The Hall–Kier alpha value is -3.15. The summed E-state index contributed by atoms with van der Waals surface area (Å²) in [6, 6.07) is 11.8. The minimum Gasteiger partial charge on any atom is -0.494 e. The van der Waals surface area contributed by atoms with E-state index in [-0.39, 0.29) is 5.91 Å². The van der Waals surface area contributed by atoms with E-state index in [1.165, 1.54) is 7.11 Å². The van der Waals surface area contributed by atoms with Gasteiger partial charge in [-0.25, -0.2) is 0 Å². The molecular formula is C20H20N2O4. The number of anilines is 2. The fraction of sp³-hybridized carbons (Fsp3) is 0.250. The van der Waals surface area contributed by atoms with Crippen LogP contribution < -0.4 is 15.0 Å². The Balaban J connectivity index is 1.77. The molecule has 0 aliphatic carbocycles. The Morgan fingerprint density at radius 3 is 2.46 bits per heavy atom.